The molecule has 3 aromatic rings. The highest BCUT2D eigenvalue weighted by atomic mass is 35.5. The Morgan fingerprint density at radius 1 is 1.06 bits per heavy atom. The summed E-state index contributed by atoms with van der Waals surface area (Å²) in [5, 5.41) is 4.38. The summed E-state index contributed by atoms with van der Waals surface area (Å²) in [6, 6.07) is 19.3. The number of rotatable bonds is 6. The molecule has 0 bridgehead atoms. The van der Waals surface area contributed by atoms with Crippen LogP contribution in [0.2, 0.25) is 10.0 Å². The molecule has 1 unspecified atom stereocenters. The first-order valence-electron chi connectivity index (χ1n) is 11.4. The summed E-state index contributed by atoms with van der Waals surface area (Å²) in [4.78, 5) is 14.7. The number of methoxy groups -OCH3 is 1. The van der Waals surface area contributed by atoms with Crippen LogP contribution in [0.3, 0.4) is 0 Å². The van der Waals surface area contributed by atoms with Crippen molar-refractivity contribution in [3.63, 3.8) is 0 Å². The smallest absolute Gasteiger partial charge is 0.241 e. The molecule has 2 aliphatic rings. The molecule has 0 saturated carbocycles. The number of amides is 1. The Labute approximate surface area is 215 Å². The van der Waals surface area contributed by atoms with E-state index in [-0.39, 0.29) is 17.9 Å². The molecule has 3 aromatic carbocycles. The second kappa shape index (κ2) is 8.81. The molecule has 1 fully saturated rings. The van der Waals surface area contributed by atoms with Crippen LogP contribution >= 0.6 is 23.2 Å². The van der Waals surface area contributed by atoms with E-state index < -0.39 is 5.66 Å². The van der Waals surface area contributed by atoms with Gasteiger partial charge in [-0.1, -0.05) is 73.5 Å². The molecule has 0 radical (unpaired) electrons. The molecule has 7 heteroatoms. The first-order chi connectivity index (χ1) is 16.7. The van der Waals surface area contributed by atoms with Crippen molar-refractivity contribution in [1.82, 2.24) is 5.32 Å². The van der Waals surface area contributed by atoms with Gasteiger partial charge in [-0.3, -0.25) is 4.79 Å². The van der Waals surface area contributed by atoms with Gasteiger partial charge < -0.3 is 19.7 Å². The Bertz CT molecular complexity index is 1340. The predicted octanol–water partition coefficient (Wildman–Crippen LogP) is 6.22. The molecule has 2 heterocycles. The summed E-state index contributed by atoms with van der Waals surface area (Å²) in [6.07, 6.45) is 4.11. The number of fused-ring (bicyclic) bond motifs is 3. The van der Waals surface area contributed by atoms with Gasteiger partial charge in [-0.15, -0.1) is 0 Å². The summed E-state index contributed by atoms with van der Waals surface area (Å²) in [6.45, 7) is 4.95. The molecule has 5 rings (SSSR count). The van der Waals surface area contributed by atoms with Gasteiger partial charge in [0.15, 0.2) is 11.5 Å². The van der Waals surface area contributed by atoms with Crippen LogP contribution in [-0.2, 0) is 16.8 Å². The number of carbonyl (C=O) groups is 1. The second-order valence-electron chi connectivity index (χ2n) is 9.31. The van der Waals surface area contributed by atoms with Crippen LogP contribution in [0.25, 0.3) is 6.08 Å². The van der Waals surface area contributed by atoms with Gasteiger partial charge >= 0.3 is 0 Å². The lowest BCUT2D eigenvalue weighted by atomic mass is 9.75. The fraction of sp³-hybridized carbons (Fsp3) is 0.250. The maximum Gasteiger partial charge on any atom is 0.241 e. The lowest BCUT2D eigenvalue weighted by molar-refractivity contribution is -0.118. The SMILES string of the molecule is COc1cc(/C=C/C23NC(=O)CN2c2ccccc2C3(C)C)ccc1OCc1ccc(Cl)cc1Cl. The molecule has 1 amide bonds. The average molecular weight is 509 g/mol. The molecule has 2 aliphatic heterocycles. The van der Waals surface area contributed by atoms with E-state index in [2.05, 4.69) is 42.3 Å². The van der Waals surface area contributed by atoms with E-state index in [0.29, 0.717) is 28.1 Å². The van der Waals surface area contributed by atoms with Crippen molar-refractivity contribution in [2.24, 2.45) is 0 Å². The van der Waals surface area contributed by atoms with Crippen LogP contribution in [0.1, 0.15) is 30.5 Å². The summed E-state index contributed by atoms with van der Waals surface area (Å²) >= 11 is 12.3. The van der Waals surface area contributed by atoms with Gasteiger partial charge in [-0.05, 0) is 47.5 Å². The van der Waals surface area contributed by atoms with Crippen molar-refractivity contribution in [2.75, 3.05) is 18.6 Å². The van der Waals surface area contributed by atoms with Crippen molar-refractivity contribution in [3.8, 4) is 11.5 Å². The Morgan fingerprint density at radius 3 is 2.63 bits per heavy atom. The molecule has 1 N–H and O–H groups in total. The minimum absolute atomic E-state index is 0.0133. The number of hydrogen-bond acceptors (Lipinski definition) is 4. The molecule has 0 aromatic heterocycles. The maximum atomic E-state index is 12.5. The van der Waals surface area contributed by atoms with Crippen LogP contribution in [0.5, 0.6) is 11.5 Å². The van der Waals surface area contributed by atoms with Gasteiger partial charge in [-0.25, -0.2) is 0 Å². The van der Waals surface area contributed by atoms with Gasteiger partial charge in [0.1, 0.15) is 12.3 Å². The number of halogens is 2. The van der Waals surface area contributed by atoms with Crippen LogP contribution in [0.15, 0.2) is 66.7 Å². The van der Waals surface area contributed by atoms with Crippen molar-refractivity contribution in [1.29, 1.82) is 0 Å². The van der Waals surface area contributed by atoms with Crippen LogP contribution in [0.4, 0.5) is 5.69 Å². The largest absolute Gasteiger partial charge is 0.493 e. The average Bonchev–Trinajstić information content (AvgIpc) is 3.27. The Kier molecular flexibility index (Phi) is 5.94. The van der Waals surface area contributed by atoms with Gasteiger partial charge in [0.05, 0.1) is 13.7 Å². The first kappa shape index (κ1) is 23.6. The quantitative estimate of drug-likeness (QED) is 0.429. The zero-order valence-electron chi connectivity index (χ0n) is 19.8. The molecular weight excluding hydrogens is 483 g/mol. The third-order valence-electron chi connectivity index (χ3n) is 6.98. The van der Waals surface area contributed by atoms with Crippen LogP contribution in [-0.4, -0.2) is 25.2 Å². The van der Waals surface area contributed by atoms with E-state index in [9.17, 15) is 4.79 Å². The molecule has 5 nitrogen and oxygen atoms in total. The second-order valence-corrected chi connectivity index (χ2v) is 10.2. The first-order valence-corrected chi connectivity index (χ1v) is 12.1. The molecule has 0 spiro atoms. The Morgan fingerprint density at radius 2 is 1.86 bits per heavy atom. The predicted molar refractivity (Wildman–Crippen MR) is 141 cm³/mol. The van der Waals surface area contributed by atoms with Crippen LogP contribution < -0.4 is 19.7 Å². The zero-order valence-corrected chi connectivity index (χ0v) is 21.3. The number of benzene rings is 3. The van der Waals surface area contributed by atoms with E-state index in [1.54, 1.807) is 19.2 Å². The number of ether oxygens (including phenoxy) is 2. The molecule has 0 aliphatic carbocycles. The highest BCUT2D eigenvalue weighted by Gasteiger charge is 2.59. The molecule has 1 saturated heterocycles. The van der Waals surface area contributed by atoms with Crippen molar-refractivity contribution in [3.05, 3.63) is 93.5 Å². The third-order valence-corrected chi connectivity index (χ3v) is 7.57. The summed E-state index contributed by atoms with van der Waals surface area (Å²) < 4.78 is 11.6. The number of carbonyl (C=O) groups excluding carboxylic acids is 1. The van der Waals surface area contributed by atoms with Gasteiger partial charge in [0, 0.05) is 26.7 Å². The summed E-state index contributed by atoms with van der Waals surface area (Å²) in [5.41, 5.74) is 3.09. The van der Waals surface area contributed by atoms with Crippen molar-refractivity contribution in [2.45, 2.75) is 31.5 Å². The topological polar surface area (TPSA) is 50.8 Å². The highest BCUT2D eigenvalue weighted by molar-refractivity contribution is 6.35. The number of hydrogen-bond donors (Lipinski definition) is 1. The van der Waals surface area contributed by atoms with Crippen molar-refractivity contribution < 1.29 is 14.3 Å². The summed E-state index contributed by atoms with van der Waals surface area (Å²) in [5.74, 6) is 1.23. The number of para-hydroxylation sites is 1. The standard InChI is InChI=1S/C28H26Cl2N2O3/c1-27(2)21-6-4-5-7-23(21)32-16-26(33)31-28(27,32)13-12-18-8-11-24(25(14-18)34-3)35-17-19-9-10-20(29)15-22(19)30/h4-15H,16-17H2,1-3H3,(H,31,33)/b13-12+. The third kappa shape index (κ3) is 3.93. The Balaban J connectivity index is 1.41. The lowest BCUT2D eigenvalue weighted by Crippen LogP contribution is -2.58. The van der Waals surface area contributed by atoms with E-state index in [1.165, 1.54) is 5.56 Å². The molecule has 180 valence electrons. The minimum Gasteiger partial charge on any atom is -0.493 e. The van der Waals surface area contributed by atoms with Gasteiger partial charge in [0.2, 0.25) is 5.91 Å². The number of nitrogens with zero attached hydrogens (tertiary/aromatic N) is 1. The Hall–Kier alpha value is -3.15. The van der Waals surface area contributed by atoms with Crippen LogP contribution in [0, 0.1) is 0 Å². The van der Waals surface area contributed by atoms with E-state index in [4.69, 9.17) is 32.7 Å². The monoisotopic (exact) mass is 508 g/mol. The molecule has 1 atom stereocenters. The highest BCUT2D eigenvalue weighted by Crippen LogP contribution is 2.52. The summed E-state index contributed by atoms with van der Waals surface area (Å²) in [7, 11) is 1.61. The number of nitrogens with one attached hydrogen (secondary N) is 1. The van der Waals surface area contributed by atoms with Gasteiger partial charge in [-0.2, -0.15) is 0 Å². The van der Waals surface area contributed by atoms with E-state index in [0.717, 1.165) is 16.8 Å². The molecule has 35 heavy (non-hydrogen) atoms. The molecular formula is C28H26Cl2N2O3. The fourth-order valence-electron chi connectivity index (χ4n) is 5.06. The minimum atomic E-state index is -0.651. The maximum absolute atomic E-state index is 12.5. The van der Waals surface area contributed by atoms with Crippen molar-refractivity contribution >= 4 is 40.9 Å². The zero-order chi connectivity index (χ0) is 24.8. The van der Waals surface area contributed by atoms with E-state index >= 15 is 0 Å². The van der Waals surface area contributed by atoms with Gasteiger partial charge in [0.25, 0.3) is 0 Å². The lowest BCUT2D eigenvalue weighted by Gasteiger charge is -2.40. The fourth-order valence-corrected chi connectivity index (χ4v) is 5.52. The van der Waals surface area contributed by atoms with E-state index in [1.807, 2.05) is 42.5 Å². The normalized spacial score (nSPS) is 20.0. The number of anilines is 1.